The highest BCUT2D eigenvalue weighted by atomic mass is 127. The number of carbonyl (C=O) groups is 1. The highest BCUT2D eigenvalue weighted by Crippen LogP contribution is 2.07. The lowest BCUT2D eigenvalue weighted by atomic mass is 10.5. The molecule has 0 saturated carbocycles. The lowest BCUT2D eigenvalue weighted by Gasteiger charge is -2.21. The first kappa shape index (κ1) is 7.80. The van der Waals surface area contributed by atoms with Gasteiger partial charge in [-0.3, -0.25) is 4.79 Å². The topological polar surface area (TPSA) is 50.4 Å². The fraction of sp³-hybridized carbons (Fsp3) is 0.400. The van der Waals surface area contributed by atoms with Gasteiger partial charge in [0.1, 0.15) is 0 Å². The molecule has 1 aliphatic heterocycles. The van der Waals surface area contributed by atoms with Gasteiger partial charge in [-0.2, -0.15) is 0 Å². The summed E-state index contributed by atoms with van der Waals surface area (Å²) in [6.07, 6.45) is 1.24. The monoisotopic (exact) mass is 254 g/mol. The normalized spacial score (nSPS) is 24.8. The summed E-state index contributed by atoms with van der Waals surface area (Å²) >= 11 is 1.94. The molecule has 0 aromatic carbocycles. The fourth-order valence-corrected chi connectivity index (χ4v) is 0.907. The molecule has 1 rings (SSSR count). The third-order valence-electron chi connectivity index (χ3n) is 1.08. The Balaban J connectivity index is 2.59. The van der Waals surface area contributed by atoms with E-state index in [2.05, 4.69) is 10.6 Å². The quantitative estimate of drug-likeness (QED) is 0.643. The molecule has 1 unspecified atom stereocenters. The second kappa shape index (κ2) is 3.20. The fourth-order valence-electron chi connectivity index (χ4n) is 0.571. The molecule has 0 aromatic rings. The first-order chi connectivity index (χ1) is 4.74. The summed E-state index contributed by atoms with van der Waals surface area (Å²) in [5.74, 6) is -0.105. The third kappa shape index (κ3) is 1.60. The lowest BCUT2D eigenvalue weighted by molar-refractivity contribution is -0.121. The molecule has 0 radical (unpaired) electrons. The van der Waals surface area contributed by atoms with Gasteiger partial charge in [0.25, 0.3) is 5.91 Å². The molecule has 0 fully saturated rings. The maximum Gasteiger partial charge on any atom is 0.262 e. The van der Waals surface area contributed by atoms with Crippen LogP contribution in [0.2, 0.25) is 0 Å². The zero-order chi connectivity index (χ0) is 7.56. The van der Waals surface area contributed by atoms with Crippen molar-refractivity contribution in [2.75, 3.05) is 7.11 Å². The van der Waals surface area contributed by atoms with E-state index in [0.29, 0.717) is 3.58 Å². The Morgan fingerprint density at radius 2 is 2.50 bits per heavy atom. The minimum atomic E-state index is -0.383. The highest BCUT2D eigenvalue weighted by Gasteiger charge is 2.16. The van der Waals surface area contributed by atoms with Crippen molar-refractivity contribution in [3.63, 3.8) is 0 Å². The van der Waals surface area contributed by atoms with E-state index in [-0.39, 0.29) is 12.3 Å². The molecule has 0 spiro atoms. The van der Waals surface area contributed by atoms with Gasteiger partial charge in [-0.25, -0.2) is 0 Å². The molecule has 10 heavy (non-hydrogen) atoms. The molecule has 0 saturated heterocycles. The minimum Gasteiger partial charge on any atom is -0.348 e. The van der Waals surface area contributed by atoms with Gasteiger partial charge in [0.15, 0.2) is 0 Å². The van der Waals surface area contributed by atoms with E-state index < -0.39 is 0 Å². The summed E-state index contributed by atoms with van der Waals surface area (Å²) < 4.78 is 5.45. The molecule has 0 aromatic heterocycles. The number of rotatable bonds is 1. The van der Waals surface area contributed by atoms with Crippen molar-refractivity contribution in [2.45, 2.75) is 6.35 Å². The van der Waals surface area contributed by atoms with Crippen LogP contribution in [0.15, 0.2) is 9.78 Å². The van der Waals surface area contributed by atoms with Crippen LogP contribution < -0.4 is 10.6 Å². The third-order valence-corrected chi connectivity index (χ3v) is 1.88. The molecule has 1 heterocycles. The number of nitrogens with one attached hydrogen (secondary N) is 2. The van der Waals surface area contributed by atoms with Crippen molar-refractivity contribution in [1.82, 2.24) is 10.6 Å². The van der Waals surface area contributed by atoms with Gasteiger partial charge in [-0.15, -0.1) is 0 Å². The van der Waals surface area contributed by atoms with Crippen molar-refractivity contribution in [2.24, 2.45) is 0 Å². The predicted molar refractivity (Wildman–Crippen MR) is 44.2 cm³/mol. The molecular formula is C5H7IN2O2. The first-order valence-corrected chi connectivity index (χ1v) is 3.77. The number of hydrogen-bond donors (Lipinski definition) is 2. The number of ether oxygens (including phenoxy) is 1. The van der Waals surface area contributed by atoms with Crippen LogP contribution in [-0.4, -0.2) is 19.4 Å². The molecule has 4 nitrogen and oxygen atoms in total. The molecule has 56 valence electrons. The Morgan fingerprint density at radius 1 is 1.80 bits per heavy atom. The van der Waals surface area contributed by atoms with E-state index in [4.69, 9.17) is 4.74 Å². The van der Waals surface area contributed by atoms with Gasteiger partial charge in [-0.1, -0.05) is 0 Å². The first-order valence-electron chi connectivity index (χ1n) is 2.69. The summed E-state index contributed by atoms with van der Waals surface area (Å²) in [5, 5.41) is 5.39. The van der Waals surface area contributed by atoms with E-state index in [9.17, 15) is 4.79 Å². The second-order valence-corrected chi connectivity index (χ2v) is 2.91. The molecule has 1 atom stereocenters. The molecule has 1 aliphatic rings. The van der Waals surface area contributed by atoms with Crippen LogP contribution in [-0.2, 0) is 9.53 Å². The summed E-state index contributed by atoms with van der Waals surface area (Å²) in [6, 6.07) is 0. The molecular weight excluding hydrogens is 247 g/mol. The number of carbonyl (C=O) groups excluding carboxylic acids is 1. The van der Waals surface area contributed by atoms with Crippen LogP contribution in [0, 0.1) is 0 Å². The summed E-state index contributed by atoms with van der Waals surface area (Å²) in [6.45, 7) is 0. The van der Waals surface area contributed by atoms with Gasteiger partial charge in [0, 0.05) is 13.3 Å². The zero-order valence-electron chi connectivity index (χ0n) is 5.35. The van der Waals surface area contributed by atoms with E-state index in [1.54, 1.807) is 6.20 Å². The highest BCUT2D eigenvalue weighted by molar-refractivity contribution is 14.1. The maximum atomic E-state index is 10.9. The van der Waals surface area contributed by atoms with Crippen molar-refractivity contribution in [1.29, 1.82) is 0 Å². The Bertz CT molecular complexity index is 180. The Labute approximate surface area is 72.1 Å². The molecule has 0 bridgehead atoms. The minimum absolute atomic E-state index is 0.105. The number of methoxy groups -OCH3 is 1. The van der Waals surface area contributed by atoms with Crippen LogP contribution in [0.5, 0.6) is 0 Å². The van der Waals surface area contributed by atoms with E-state index in [1.807, 2.05) is 22.6 Å². The Hall–Kier alpha value is -0.300. The molecule has 2 N–H and O–H groups in total. The predicted octanol–water partition coefficient (Wildman–Crippen LogP) is -0.0878. The zero-order valence-corrected chi connectivity index (χ0v) is 7.51. The van der Waals surface area contributed by atoms with Gasteiger partial charge in [0.05, 0.1) is 3.58 Å². The van der Waals surface area contributed by atoms with Crippen LogP contribution in [0.4, 0.5) is 0 Å². The number of hydrogen-bond acceptors (Lipinski definition) is 3. The molecule has 1 amide bonds. The summed E-state index contributed by atoms with van der Waals surface area (Å²) in [4.78, 5) is 10.9. The SMILES string of the molecule is COC1NC=C(I)C(=O)N1. The lowest BCUT2D eigenvalue weighted by Crippen LogP contribution is -2.48. The standard InChI is InChI=1S/C5H7IN2O2/c1-10-5-7-2-3(6)4(9)8-5/h2,5,7H,1H3,(H,8,9). The van der Waals surface area contributed by atoms with Gasteiger partial charge in [-0.05, 0) is 22.6 Å². The number of halogens is 1. The van der Waals surface area contributed by atoms with Crippen molar-refractivity contribution in [3.8, 4) is 0 Å². The van der Waals surface area contributed by atoms with Gasteiger partial charge < -0.3 is 15.4 Å². The largest absolute Gasteiger partial charge is 0.348 e. The van der Waals surface area contributed by atoms with Crippen molar-refractivity contribution < 1.29 is 9.53 Å². The average molecular weight is 254 g/mol. The smallest absolute Gasteiger partial charge is 0.262 e. The van der Waals surface area contributed by atoms with Crippen molar-refractivity contribution in [3.05, 3.63) is 9.78 Å². The van der Waals surface area contributed by atoms with E-state index in [1.165, 1.54) is 7.11 Å². The Kier molecular flexibility index (Phi) is 2.50. The second-order valence-electron chi connectivity index (χ2n) is 1.75. The number of amides is 1. The summed E-state index contributed by atoms with van der Waals surface area (Å²) in [7, 11) is 1.52. The maximum absolute atomic E-state index is 10.9. The van der Waals surface area contributed by atoms with Crippen molar-refractivity contribution >= 4 is 28.5 Å². The van der Waals surface area contributed by atoms with Crippen LogP contribution >= 0.6 is 22.6 Å². The van der Waals surface area contributed by atoms with Crippen LogP contribution in [0.25, 0.3) is 0 Å². The van der Waals surface area contributed by atoms with Crippen LogP contribution in [0.1, 0.15) is 0 Å². The van der Waals surface area contributed by atoms with Gasteiger partial charge in [0.2, 0.25) is 6.35 Å². The molecule has 0 aliphatic carbocycles. The van der Waals surface area contributed by atoms with Gasteiger partial charge >= 0.3 is 0 Å². The van der Waals surface area contributed by atoms with E-state index in [0.717, 1.165) is 0 Å². The van der Waals surface area contributed by atoms with Crippen LogP contribution in [0.3, 0.4) is 0 Å². The average Bonchev–Trinajstić information content (AvgIpc) is 1.95. The summed E-state index contributed by atoms with van der Waals surface area (Å²) in [5.41, 5.74) is 0. The Morgan fingerprint density at radius 3 is 3.00 bits per heavy atom. The molecule has 5 heteroatoms. The van der Waals surface area contributed by atoms with E-state index >= 15 is 0 Å².